The molecule has 2 heterocycles. The van der Waals surface area contributed by atoms with E-state index in [9.17, 15) is 9.59 Å². The van der Waals surface area contributed by atoms with Gasteiger partial charge in [0.05, 0.1) is 17.7 Å². The van der Waals surface area contributed by atoms with E-state index in [1.54, 1.807) is 37.3 Å². The lowest BCUT2D eigenvalue weighted by molar-refractivity contribution is -0.116. The summed E-state index contributed by atoms with van der Waals surface area (Å²) < 4.78 is 6.10. The Morgan fingerprint density at radius 3 is 2.67 bits per heavy atom. The molecule has 122 valence electrons. The number of nitrogens with one attached hydrogen (secondary N) is 1. The molecule has 0 radical (unpaired) electrons. The first kappa shape index (κ1) is 15.9. The minimum atomic E-state index is -0.408. The Bertz CT molecular complexity index is 931. The molecule has 24 heavy (non-hydrogen) atoms. The standard InChI is InChI=1S/C16H13ClN4O3/c1-10-6-15(24-20-10)19-14(22)8-21-9-18-13(7-16(21)23)11-2-4-12(17)5-3-11/h2-7,9H,8H2,1H3,(H,19,22). The highest BCUT2D eigenvalue weighted by Crippen LogP contribution is 2.18. The van der Waals surface area contributed by atoms with E-state index in [-0.39, 0.29) is 18.0 Å². The van der Waals surface area contributed by atoms with Crippen LogP contribution in [0.5, 0.6) is 0 Å². The van der Waals surface area contributed by atoms with Crippen LogP contribution in [0.2, 0.25) is 5.02 Å². The molecule has 0 spiro atoms. The van der Waals surface area contributed by atoms with Gasteiger partial charge < -0.3 is 4.52 Å². The van der Waals surface area contributed by atoms with Gasteiger partial charge in [-0.3, -0.25) is 19.5 Å². The Kier molecular flexibility index (Phi) is 4.43. The molecule has 0 saturated heterocycles. The molecule has 1 N–H and O–H groups in total. The number of rotatable bonds is 4. The van der Waals surface area contributed by atoms with Crippen LogP contribution >= 0.6 is 11.6 Å². The molecule has 0 aliphatic heterocycles. The van der Waals surface area contributed by atoms with E-state index in [0.717, 1.165) is 5.56 Å². The molecule has 0 saturated carbocycles. The average Bonchev–Trinajstić information content (AvgIpc) is 2.95. The van der Waals surface area contributed by atoms with Gasteiger partial charge in [-0.1, -0.05) is 28.9 Å². The number of benzene rings is 1. The van der Waals surface area contributed by atoms with Crippen LogP contribution in [0.25, 0.3) is 11.3 Å². The Morgan fingerprint density at radius 1 is 1.29 bits per heavy atom. The Hall–Kier alpha value is -2.93. The fourth-order valence-corrected chi connectivity index (χ4v) is 2.20. The third kappa shape index (κ3) is 3.69. The maximum Gasteiger partial charge on any atom is 0.254 e. The number of anilines is 1. The van der Waals surface area contributed by atoms with Crippen LogP contribution in [0, 0.1) is 6.92 Å². The molecule has 0 unspecified atom stereocenters. The predicted molar refractivity (Wildman–Crippen MR) is 88.8 cm³/mol. The maximum absolute atomic E-state index is 12.2. The Balaban J connectivity index is 1.74. The lowest BCUT2D eigenvalue weighted by Crippen LogP contribution is -2.27. The topological polar surface area (TPSA) is 90.0 Å². The molecular weight excluding hydrogens is 332 g/mol. The number of nitrogens with zero attached hydrogens (tertiary/aromatic N) is 3. The fraction of sp³-hybridized carbons (Fsp3) is 0.125. The summed E-state index contributed by atoms with van der Waals surface area (Å²) in [7, 11) is 0. The van der Waals surface area contributed by atoms with E-state index in [1.807, 2.05) is 0 Å². The molecule has 8 heteroatoms. The number of carbonyl (C=O) groups excluding carboxylic acids is 1. The number of aryl methyl sites for hydroxylation is 1. The van der Waals surface area contributed by atoms with Gasteiger partial charge in [0.2, 0.25) is 11.8 Å². The minimum absolute atomic E-state index is 0.174. The first-order valence-corrected chi connectivity index (χ1v) is 7.44. The number of amides is 1. The van der Waals surface area contributed by atoms with Gasteiger partial charge in [-0.05, 0) is 19.1 Å². The summed E-state index contributed by atoms with van der Waals surface area (Å²) in [5, 5.41) is 6.79. The molecule has 0 bridgehead atoms. The first-order valence-electron chi connectivity index (χ1n) is 7.07. The quantitative estimate of drug-likeness (QED) is 0.785. The summed E-state index contributed by atoms with van der Waals surface area (Å²) in [6.45, 7) is 1.57. The number of aromatic nitrogens is 3. The van der Waals surface area contributed by atoms with Gasteiger partial charge in [-0.25, -0.2) is 4.98 Å². The van der Waals surface area contributed by atoms with Crippen molar-refractivity contribution in [2.45, 2.75) is 13.5 Å². The molecule has 0 aliphatic rings. The zero-order valence-corrected chi connectivity index (χ0v) is 13.4. The molecule has 1 amide bonds. The molecule has 1 aromatic carbocycles. The van der Waals surface area contributed by atoms with Crippen molar-refractivity contribution in [1.82, 2.24) is 14.7 Å². The van der Waals surface area contributed by atoms with Crippen molar-refractivity contribution >= 4 is 23.4 Å². The highest BCUT2D eigenvalue weighted by Gasteiger charge is 2.09. The van der Waals surface area contributed by atoms with Crippen molar-refractivity contribution in [1.29, 1.82) is 0 Å². The predicted octanol–water partition coefficient (Wildman–Crippen LogP) is 2.50. The number of halogens is 1. The highest BCUT2D eigenvalue weighted by molar-refractivity contribution is 6.30. The van der Waals surface area contributed by atoms with Gasteiger partial charge in [-0.2, -0.15) is 0 Å². The second kappa shape index (κ2) is 6.67. The second-order valence-electron chi connectivity index (χ2n) is 5.13. The van der Waals surface area contributed by atoms with Gasteiger partial charge in [-0.15, -0.1) is 0 Å². The number of hydrogen-bond donors (Lipinski definition) is 1. The van der Waals surface area contributed by atoms with Crippen LogP contribution in [0.3, 0.4) is 0 Å². The largest absolute Gasteiger partial charge is 0.338 e. The van der Waals surface area contributed by atoms with Crippen LogP contribution in [0.1, 0.15) is 5.69 Å². The maximum atomic E-state index is 12.2. The zero-order valence-electron chi connectivity index (χ0n) is 12.7. The molecule has 0 atom stereocenters. The Labute approximate surface area is 141 Å². The molecule has 7 nitrogen and oxygen atoms in total. The molecule has 0 fully saturated rings. The summed E-state index contributed by atoms with van der Waals surface area (Å²) in [6, 6.07) is 9.94. The van der Waals surface area contributed by atoms with Gasteiger partial charge >= 0.3 is 0 Å². The summed E-state index contributed by atoms with van der Waals surface area (Å²) >= 11 is 5.84. The first-order chi connectivity index (χ1) is 11.5. The van der Waals surface area contributed by atoms with Crippen molar-refractivity contribution in [3.8, 4) is 11.3 Å². The highest BCUT2D eigenvalue weighted by atomic mass is 35.5. The van der Waals surface area contributed by atoms with E-state index in [2.05, 4.69) is 15.5 Å². The van der Waals surface area contributed by atoms with Crippen LogP contribution in [-0.4, -0.2) is 20.6 Å². The van der Waals surface area contributed by atoms with E-state index >= 15 is 0 Å². The SMILES string of the molecule is Cc1cc(NC(=O)Cn2cnc(-c3ccc(Cl)cc3)cc2=O)on1. The van der Waals surface area contributed by atoms with Crippen molar-refractivity contribution in [3.05, 3.63) is 63.8 Å². The summed E-state index contributed by atoms with van der Waals surface area (Å²) in [6.07, 6.45) is 1.33. The lowest BCUT2D eigenvalue weighted by Gasteiger charge is -2.06. The molecule has 3 aromatic rings. The van der Waals surface area contributed by atoms with E-state index in [0.29, 0.717) is 16.4 Å². The van der Waals surface area contributed by atoms with E-state index < -0.39 is 5.91 Å². The third-order valence-corrected chi connectivity index (χ3v) is 3.48. The van der Waals surface area contributed by atoms with Crippen molar-refractivity contribution in [3.63, 3.8) is 0 Å². The fourth-order valence-electron chi connectivity index (χ4n) is 2.08. The summed E-state index contributed by atoms with van der Waals surface area (Å²) in [4.78, 5) is 28.3. The summed E-state index contributed by atoms with van der Waals surface area (Å²) in [5.74, 6) is -0.175. The third-order valence-electron chi connectivity index (χ3n) is 3.22. The molecule has 2 aromatic heterocycles. The number of carbonyl (C=O) groups is 1. The number of hydrogen-bond acceptors (Lipinski definition) is 5. The van der Waals surface area contributed by atoms with Crippen LogP contribution in [0.4, 0.5) is 5.88 Å². The molecule has 0 aliphatic carbocycles. The monoisotopic (exact) mass is 344 g/mol. The van der Waals surface area contributed by atoms with Crippen molar-refractivity contribution < 1.29 is 9.32 Å². The summed E-state index contributed by atoms with van der Waals surface area (Å²) in [5.41, 5.74) is 1.60. The van der Waals surface area contributed by atoms with E-state index in [1.165, 1.54) is 17.0 Å². The van der Waals surface area contributed by atoms with Gasteiger partial charge in [0.25, 0.3) is 5.56 Å². The van der Waals surface area contributed by atoms with E-state index in [4.69, 9.17) is 16.1 Å². The van der Waals surface area contributed by atoms with Crippen LogP contribution in [-0.2, 0) is 11.3 Å². The van der Waals surface area contributed by atoms with Crippen LogP contribution in [0.15, 0.2) is 52.0 Å². The van der Waals surface area contributed by atoms with Crippen LogP contribution < -0.4 is 10.9 Å². The van der Waals surface area contributed by atoms with Gasteiger partial charge in [0.15, 0.2) is 0 Å². The zero-order chi connectivity index (χ0) is 17.1. The Morgan fingerprint density at radius 2 is 2.04 bits per heavy atom. The lowest BCUT2D eigenvalue weighted by atomic mass is 10.1. The van der Waals surface area contributed by atoms with Gasteiger partial charge in [0, 0.05) is 22.7 Å². The van der Waals surface area contributed by atoms with Crippen molar-refractivity contribution in [2.75, 3.05) is 5.32 Å². The van der Waals surface area contributed by atoms with Crippen molar-refractivity contribution in [2.24, 2.45) is 0 Å². The van der Waals surface area contributed by atoms with Gasteiger partial charge in [0.1, 0.15) is 6.54 Å². The molecule has 3 rings (SSSR count). The minimum Gasteiger partial charge on any atom is -0.338 e. The average molecular weight is 345 g/mol. The normalized spacial score (nSPS) is 10.6. The molecular formula is C16H13ClN4O3. The second-order valence-corrected chi connectivity index (χ2v) is 5.56. The smallest absolute Gasteiger partial charge is 0.254 e.